The summed E-state index contributed by atoms with van der Waals surface area (Å²) in [6.07, 6.45) is 0.936. The molecule has 1 amide bonds. The van der Waals surface area contributed by atoms with Crippen molar-refractivity contribution in [1.82, 2.24) is 10.6 Å². The average Bonchev–Trinajstić information content (AvgIpc) is 2.53. The van der Waals surface area contributed by atoms with Gasteiger partial charge >= 0.3 is 0 Å². The van der Waals surface area contributed by atoms with Gasteiger partial charge in [-0.2, -0.15) is 0 Å². The number of amides is 1. The standard InChI is InChI=1S/C18H30N4O2/c1-14(2)13-24-10-6-9-20-18(19-4)21-12-16-7-5-8-17(11-16)22-15(3)23/h5,7-8,11,14H,6,9-10,12-13H2,1-4H3,(H,22,23)(H2,19,20,21). The number of hydrogen-bond donors (Lipinski definition) is 3. The van der Waals surface area contributed by atoms with Gasteiger partial charge in [-0.25, -0.2) is 0 Å². The first-order chi connectivity index (χ1) is 11.5. The molecule has 3 N–H and O–H groups in total. The Balaban J connectivity index is 2.30. The molecule has 0 spiro atoms. The van der Waals surface area contributed by atoms with E-state index >= 15 is 0 Å². The van der Waals surface area contributed by atoms with Crippen LogP contribution in [0, 0.1) is 5.92 Å². The number of guanidine groups is 1. The average molecular weight is 334 g/mol. The van der Waals surface area contributed by atoms with E-state index in [1.54, 1.807) is 7.05 Å². The minimum atomic E-state index is -0.0720. The first-order valence-corrected chi connectivity index (χ1v) is 8.40. The fourth-order valence-corrected chi connectivity index (χ4v) is 2.07. The summed E-state index contributed by atoms with van der Waals surface area (Å²) < 4.78 is 5.55. The monoisotopic (exact) mass is 334 g/mol. The number of nitrogens with zero attached hydrogens (tertiary/aromatic N) is 1. The second kappa shape index (κ2) is 11.5. The fourth-order valence-electron chi connectivity index (χ4n) is 2.07. The number of hydrogen-bond acceptors (Lipinski definition) is 3. The number of carbonyl (C=O) groups is 1. The third kappa shape index (κ3) is 9.15. The second-order valence-corrected chi connectivity index (χ2v) is 6.06. The lowest BCUT2D eigenvalue weighted by Gasteiger charge is -2.13. The SMILES string of the molecule is CN=C(NCCCOCC(C)C)NCc1cccc(NC(C)=O)c1. The first-order valence-electron chi connectivity index (χ1n) is 8.40. The van der Waals surface area contributed by atoms with E-state index in [1.165, 1.54) is 6.92 Å². The number of anilines is 1. The maximum absolute atomic E-state index is 11.1. The predicted molar refractivity (Wildman–Crippen MR) is 99.2 cm³/mol. The second-order valence-electron chi connectivity index (χ2n) is 6.06. The molecule has 1 aromatic carbocycles. The molecule has 0 aliphatic rings. The number of carbonyl (C=O) groups excluding carboxylic acids is 1. The summed E-state index contributed by atoms with van der Waals surface area (Å²) >= 11 is 0. The molecule has 0 atom stereocenters. The Morgan fingerprint density at radius 3 is 2.75 bits per heavy atom. The number of benzene rings is 1. The highest BCUT2D eigenvalue weighted by molar-refractivity contribution is 5.88. The van der Waals surface area contributed by atoms with E-state index in [0.717, 1.165) is 43.4 Å². The third-order valence-corrected chi connectivity index (χ3v) is 3.14. The maximum atomic E-state index is 11.1. The molecular formula is C18H30N4O2. The van der Waals surface area contributed by atoms with Crippen molar-refractivity contribution >= 4 is 17.6 Å². The molecule has 1 aromatic rings. The van der Waals surface area contributed by atoms with Gasteiger partial charge in [-0.1, -0.05) is 26.0 Å². The minimum absolute atomic E-state index is 0.0720. The van der Waals surface area contributed by atoms with E-state index in [0.29, 0.717) is 12.5 Å². The molecule has 0 saturated heterocycles. The van der Waals surface area contributed by atoms with Gasteiger partial charge in [0.05, 0.1) is 0 Å². The highest BCUT2D eigenvalue weighted by Gasteiger charge is 2.01. The molecule has 0 fully saturated rings. The molecule has 6 heteroatoms. The molecule has 0 aliphatic carbocycles. The molecule has 24 heavy (non-hydrogen) atoms. The van der Waals surface area contributed by atoms with Crippen LogP contribution in [0.4, 0.5) is 5.69 Å². The van der Waals surface area contributed by atoms with Crippen molar-refractivity contribution in [3.8, 4) is 0 Å². The quantitative estimate of drug-likeness (QED) is 0.368. The van der Waals surface area contributed by atoms with Crippen molar-refractivity contribution in [3.05, 3.63) is 29.8 Å². The number of ether oxygens (including phenoxy) is 1. The zero-order chi connectivity index (χ0) is 17.8. The number of aliphatic imine (C=N–C) groups is 1. The molecule has 0 aromatic heterocycles. The Morgan fingerprint density at radius 2 is 2.08 bits per heavy atom. The van der Waals surface area contributed by atoms with Crippen LogP contribution >= 0.6 is 0 Å². The van der Waals surface area contributed by atoms with Gasteiger partial charge in [0, 0.05) is 46.0 Å². The maximum Gasteiger partial charge on any atom is 0.221 e. The molecule has 0 unspecified atom stereocenters. The summed E-state index contributed by atoms with van der Waals surface area (Å²) in [4.78, 5) is 15.3. The van der Waals surface area contributed by atoms with Crippen molar-refractivity contribution < 1.29 is 9.53 Å². The van der Waals surface area contributed by atoms with Crippen molar-refractivity contribution in [2.45, 2.75) is 33.7 Å². The molecule has 6 nitrogen and oxygen atoms in total. The smallest absolute Gasteiger partial charge is 0.221 e. The van der Waals surface area contributed by atoms with Crippen LogP contribution in [0.15, 0.2) is 29.3 Å². The van der Waals surface area contributed by atoms with Gasteiger partial charge in [0.1, 0.15) is 0 Å². The van der Waals surface area contributed by atoms with Gasteiger partial charge in [0.25, 0.3) is 0 Å². The fraction of sp³-hybridized carbons (Fsp3) is 0.556. The lowest BCUT2D eigenvalue weighted by atomic mass is 10.2. The summed E-state index contributed by atoms with van der Waals surface area (Å²) in [5.41, 5.74) is 1.87. The Bertz CT molecular complexity index is 530. The van der Waals surface area contributed by atoms with Crippen LogP contribution in [0.25, 0.3) is 0 Å². The van der Waals surface area contributed by atoms with Gasteiger partial charge in [-0.05, 0) is 30.0 Å². The number of nitrogens with one attached hydrogen (secondary N) is 3. The Labute approximate surface area is 145 Å². The zero-order valence-corrected chi connectivity index (χ0v) is 15.2. The third-order valence-electron chi connectivity index (χ3n) is 3.14. The van der Waals surface area contributed by atoms with Crippen LogP contribution < -0.4 is 16.0 Å². The lowest BCUT2D eigenvalue weighted by molar-refractivity contribution is -0.114. The minimum Gasteiger partial charge on any atom is -0.381 e. The molecule has 0 heterocycles. The van der Waals surface area contributed by atoms with E-state index in [-0.39, 0.29) is 5.91 Å². The molecule has 1 rings (SSSR count). The van der Waals surface area contributed by atoms with Crippen molar-refractivity contribution in [2.24, 2.45) is 10.9 Å². The van der Waals surface area contributed by atoms with E-state index in [9.17, 15) is 4.79 Å². The summed E-state index contributed by atoms with van der Waals surface area (Å²) in [5, 5.41) is 9.31. The van der Waals surface area contributed by atoms with Gasteiger partial charge in [-0.15, -0.1) is 0 Å². The van der Waals surface area contributed by atoms with Crippen molar-refractivity contribution in [3.63, 3.8) is 0 Å². The molecule has 134 valence electrons. The lowest BCUT2D eigenvalue weighted by Crippen LogP contribution is -2.37. The predicted octanol–water partition coefficient (Wildman–Crippen LogP) is 2.37. The van der Waals surface area contributed by atoms with E-state index < -0.39 is 0 Å². The number of rotatable bonds is 9. The molecule has 0 radical (unpaired) electrons. The Hall–Kier alpha value is -2.08. The van der Waals surface area contributed by atoms with Crippen LogP contribution in [0.3, 0.4) is 0 Å². The Kier molecular flexibility index (Phi) is 9.53. The molecule has 0 bridgehead atoms. The van der Waals surface area contributed by atoms with E-state index in [4.69, 9.17) is 4.74 Å². The highest BCUT2D eigenvalue weighted by atomic mass is 16.5. The zero-order valence-electron chi connectivity index (χ0n) is 15.2. The summed E-state index contributed by atoms with van der Waals surface area (Å²) in [7, 11) is 1.75. The molecule has 0 saturated carbocycles. The normalized spacial score (nSPS) is 11.5. The van der Waals surface area contributed by atoms with Crippen LogP contribution in [0.5, 0.6) is 0 Å². The van der Waals surface area contributed by atoms with Gasteiger partial charge < -0.3 is 20.7 Å². The van der Waals surface area contributed by atoms with Gasteiger partial charge in [0.2, 0.25) is 5.91 Å². The van der Waals surface area contributed by atoms with Crippen molar-refractivity contribution in [2.75, 3.05) is 32.1 Å². The van der Waals surface area contributed by atoms with Gasteiger partial charge in [-0.3, -0.25) is 9.79 Å². The van der Waals surface area contributed by atoms with Crippen LogP contribution in [-0.4, -0.2) is 38.7 Å². The Morgan fingerprint density at radius 1 is 1.29 bits per heavy atom. The molecular weight excluding hydrogens is 304 g/mol. The van der Waals surface area contributed by atoms with E-state index in [1.807, 2.05) is 24.3 Å². The van der Waals surface area contributed by atoms with Crippen LogP contribution in [-0.2, 0) is 16.1 Å². The molecule has 0 aliphatic heterocycles. The van der Waals surface area contributed by atoms with Crippen molar-refractivity contribution in [1.29, 1.82) is 0 Å². The topological polar surface area (TPSA) is 74.8 Å². The van der Waals surface area contributed by atoms with E-state index in [2.05, 4.69) is 34.8 Å². The first kappa shape index (κ1) is 20.0. The summed E-state index contributed by atoms with van der Waals surface area (Å²) in [6, 6.07) is 7.74. The van der Waals surface area contributed by atoms with Crippen LogP contribution in [0.1, 0.15) is 32.8 Å². The summed E-state index contributed by atoms with van der Waals surface area (Å²) in [6.45, 7) is 8.79. The van der Waals surface area contributed by atoms with Gasteiger partial charge in [0.15, 0.2) is 5.96 Å². The largest absolute Gasteiger partial charge is 0.381 e. The summed E-state index contributed by atoms with van der Waals surface area (Å²) in [5.74, 6) is 1.25. The highest BCUT2D eigenvalue weighted by Crippen LogP contribution is 2.10. The van der Waals surface area contributed by atoms with Crippen LogP contribution in [0.2, 0.25) is 0 Å².